The second kappa shape index (κ2) is 5.55. The molecule has 3 aromatic rings. The van der Waals surface area contributed by atoms with Crippen LogP contribution in [0.3, 0.4) is 0 Å². The molecule has 0 saturated heterocycles. The lowest BCUT2D eigenvalue weighted by molar-refractivity contribution is 0.0776. The number of nitrogens with zero attached hydrogens (tertiary/aromatic N) is 3. The summed E-state index contributed by atoms with van der Waals surface area (Å²) in [6, 6.07) is 9.39. The number of H-pyrrole nitrogens is 1. The summed E-state index contributed by atoms with van der Waals surface area (Å²) in [4.78, 5) is 14.1. The lowest BCUT2D eigenvalue weighted by atomic mass is 10.2. The van der Waals surface area contributed by atoms with Crippen LogP contribution in [0.2, 0.25) is 0 Å². The second-order valence-corrected chi connectivity index (χ2v) is 5.35. The molecule has 0 atom stereocenters. The van der Waals surface area contributed by atoms with E-state index in [2.05, 4.69) is 10.2 Å². The fraction of sp³-hybridized carbons (Fsp3) is 0.250. The summed E-state index contributed by atoms with van der Waals surface area (Å²) >= 11 is 0. The smallest absolute Gasteiger partial charge is 0.274 e. The molecule has 114 valence electrons. The molecule has 0 aliphatic rings. The van der Waals surface area contributed by atoms with Crippen molar-refractivity contribution in [3.8, 4) is 11.5 Å². The maximum Gasteiger partial charge on any atom is 0.274 e. The summed E-state index contributed by atoms with van der Waals surface area (Å²) in [6.45, 7) is 2.41. The van der Waals surface area contributed by atoms with Crippen molar-refractivity contribution in [3.05, 3.63) is 53.7 Å². The number of furan rings is 1. The molecule has 22 heavy (non-hydrogen) atoms. The number of carbonyl (C=O) groups excluding carboxylic acids is 1. The molecule has 0 radical (unpaired) electrons. The van der Waals surface area contributed by atoms with Crippen LogP contribution in [0.25, 0.3) is 11.5 Å². The number of aromatic amines is 1. The van der Waals surface area contributed by atoms with Gasteiger partial charge in [0.1, 0.15) is 11.5 Å². The van der Waals surface area contributed by atoms with Crippen molar-refractivity contribution < 1.29 is 9.21 Å². The summed E-state index contributed by atoms with van der Waals surface area (Å²) in [5.41, 5.74) is 2.14. The molecule has 6 nitrogen and oxygen atoms in total. The average Bonchev–Trinajstić information content (AvgIpc) is 3.20. The summed E-state index contributed by atoms with van der Waals surface area (Å²) in [5.74, 6) is 1.36. The summed E-state index contributed by atoms with van der Waals surface area (Å²) in [6.07, 6.45) is 1.96. The van der Waals surface area contributed by atoms with Crippen LogP contribution in [0, 0.1) is 6.92 Å². The number of aryl methyl sites for hydroxylation is 2. The van der Waals surface area contributed by atoms with Crippen molar-refractivity contribution in [2.45, 2.75) is 13.5 Å². The molecule has 3 rings (SSSR count). The van der Waals surface area contributed by atoms with E-state index in [0.29, 0.717) is 23.7 Å². The summed E-state index contributed by atoms with van der Waals surface area (Å²) in [7, 11) is 3.72. The Morgan fingerprint density at radius 1 is 1.41 bits per heavy atom. The topological polar surface area (TPSA) is 67.1 Å². The molecule has 0 fully saturated rings. The van der Waals surface area contributed by atoms with Gasteiger partial charge in [-0.25, -0.2) is 0 Å². The van der Waals surface area contributed by atoms with Crippen LogP contribution in [0.1, 0.15) is 21.9 Å². The average molecular weight is 298 g/mol. The molecule has 3 aromatic heterocycles. The first-order valence-electron chi connectivity index (χ1n) is 7.02. The number of amides is 1. The van der Waals surface area contributed by atoms with E-state index >= 15 is 0 Å². The highest BCUT2D eigenvalue weighted by atomic mass is 16.3. The van der Waals surface area contributed by atoms with Crippen LogP contribution in [0.15, 0.2) is 40.9 Å². The van der Waals surface area contributed by atoms with E-state index in [4.69, 9.17) is 4.42 Å². The second-order valence-electron chi connectivity index (χ2n) is 5.35. The Kier molecular flexibility index (Phi) is 3.58. The lowest BCUT2D eigenvalue weighted by Gasteiger charge is -2.16. The van der Waals surface area contributed by atoms with Gasteiger partial charge in [-0.2, -0.15) is 5.10 Å². The first-order chi connectivity index (χ1) is 10.5. The predicted octanol–water partition coefficient (Wildman–Crippen LogP) is 2.59. The van der Waals surface area contributed by atoms with E-state index in [-0.39, 0.29) is 5.91 Å². The summed E-state index contributed by atoms with van der Waals surface area (Å²) in [5, 5.41) is 6.94. The van der Waals surface area contributed by atoms with Gasteiger partial charge in [0, 0.05) is 32.1 Å². The first kappa shape index (κ1) is 14.2. The van der Waals surface area contributed by atoms with Crippen LogP contribution in [-0.2, 0) is 13.6 Å². The standard InChI is InChI=1S/C16H18N4O2/c1-11-6-7-15(22-11)13-9-14(18-17-13)16(21)20(3)10-12-5-4-8-19(12)2/h4-9H,10H2,1-3H3,(H,17,18). The number of nitrogens with one attached hydrogen (secondary N) is 1. The Bertz CT molecular complexity index is 797. The Balaban J connectivity index is 1.75. The van der Waals surface area contributed by atoms with Gasteiger partial charge in [-0.15, -0.1) is 0 Å². The molecule has 0 aliphatic heterocycles. The van der Waals surface area contributed by atoms with Crippen LogP contribution in [0.5, 0.6) is 0 Å². The van der Waals surface area contributed by atoms with Crippen molar-refractivity contribution in [2.24, 2.45) is 7.05 Å². The van der Waals surface area contributed by atoms with Crippen molar-refractivity contribution in [1.82, 2.24) is 19.7 Å². The minimum Gasteiger partial charge on any atom is -0.460 e. The predicted molar refractivity (Wildman–Crippen MR) is 82.2 cm³/mol. The zero-order valence-electron chi connectivity index (χ0n) is 12.8. The number of aromatic nitrogens is 3. The third-order valence-electron chi connectivity index (χ3n) is 3.60. The van der Waals surface area contributed by atoms with Crippen molar-refractivity contribution in [1.29, 1.82) is 0 Å². The highest BCUT2D eigenvalue weighted by Crippen LogP contribution is 2.20. The fourth-order valence-corrected chi connectivity index (χ4v) is 2.31. The monoisotopic (exact) mass is 298 g/mol. The van der Waals surface area contributed by atoms with Crippen LogP contribution >= 0.6 is 0 Å². The van der Waals surface area contributed by atoms with Crippen molar-refractivity contribution >= 4 is 5.91 Å². The molecule has 0 unspecified atom stereocenters. The van der Waals surface area contributed by atoms with E-state index in [1.807, 2.05) is 49.0 Å². The molecule has 0 aliphatic carbocycles. The van der Waals surface area contributed by atoms with Gasteiger partial charge in [0.2, 0.25) is 0 Å². The van der Waals surface area contributed by atoms with Gasteiger partial charge < -0.3 is 13.9 Å². The Labute approximate surface area is 128 Å². The molecule has 0 spiro atoms. The van der Waals surface area contributed by atoms with E-state index < -0.39 is 0 Å². The lowest BCUT2D eigenvalue weighted by Crippen LogP contribution is -2.27. The van der Waals surface area contributed by atoms with Crippen LogP contribution in [0.4, 0.5) is 0 Å². The number of carbonyl (C=O) groups is 1. The minimum absolute atomic E-state index is 0.132. The molecule has 1 amide bonds. The number of rotatable bonds is 4. The Morgan fingerprint density at radius 3 is 2.86 bits per heavy atom. The third kappa shape index (κ3) is 2.67. The molecule has 6 heteroatoms. The molecular formula is C16H18N4O2. The van der Waals surface area contributed by atoms with Gasteiger partial charge in [-0.1, -0.05) is 0 Å². The van der Waals surface area contributed by atoms with Gasteiger partial charge in [-0.05, 0) is 31.2 Å². The van der Waals surface area contributed by atoms with Crippen molar-refractivity contribution in [3.63, 3.8) is 0 Å². The van der Waals surface area contributed by atoms with Gasteiger partial charge in [0.05, 0.1) is 6.54 Å². The van der Waals surface area contributed by atoms with Gasteiger partial charge in [0.15, 0.2) is 11.5 Å². The maximum atomic E-state index is 12.4. The van der Waals surface area contributed by atoms with E-state index in [9.17, 15) is 4.79 Å². The first-order valence-corrected chi connectivity index (χ1v) is 7.02. The van der Waals surface area contributed by atoms with E-state index in [0.717, 1.165) is 11.5 Å². The number of hydrogen-bond acceptors (Lipinski definition) is 3. The normalized spacial score (nSPS) is 10.9. The largest absolute Gasteiger partial charge is 0.460 e. The van der Waals surface area contributed by atoms with Gasteiger partial charge in [-0.3, -0.25) is 9.89 Å². The molecule has 1 N–H and O–H groups in total. The quantitative estimate of drug-likeness (QED) is 0.805. The highest BCUT2D eigenvalue weighted by molar-refractivity contribution is 5.93. The van der Waals surface area contributed by atoms with Crippen LogP contribution < -0.4 is 0 Å². The number of hydrogen-bond donors (Lipinski definition) is 1. The van der Waals surface area contributed by atoms with Gasteiger partial charge in [0.25, 0.3) is 5.91 Å². The van der Waals surface area contributed by atoms with E-state index in [1.165, 1.54) is 0 Å². The SMILES string of the molecule is Cc1ccc(-c2cc(C(=O)N(C)Cc3cccn3C)n[nH]2)o1. The Hall–Kier alpha value is -2.76. The zero-order chi connectivity index (χ0) is 15.7. The molecular weight excluding hydrogens is 280 g/mol. The third-order valence-corrected chi connectivity index (χ3v) is 3.60. The molecule has 3 heterocycles. The summed E-state index contributed by atoms with van der Waals surface area (Å²) < 4.78 is 7.52. The molecule has 0 saturated carbocycles. The Morgan fingerprint density at radius 2 is 2.23 bits per heavy atom. The maximum absolute atomic E-state index is 12.4. The van der Waals surface area contributed by atoms with Gasteiger partial charge >= 0.3 is 0 Å². The van der Waals surface area contributed by atoms with E-state index in [1.54, 1.807) is 18.0 Å². The fourth-order valence-electron chi connectivity index (χ4n) is 2.31. The molecule has 0 aromatic carbocycles. The zero-order valence-corrected chi connectivity index (χ0v) is 12.8. The van der Waals surface area contributed by atoms with Crippen molar-refractivity contribution in [2.75, 3.05) is 7.05 Å². The molecule has 0 bridgehead atoms. The highest BCUT2D eigenvalue weighted by Gasteiger charge is 2.17. The minimum atomic E-state index is -0.132. The van der Waals surface area contributed by atoms with Crippen LogP contribution in [-0.4, -0.2) is 32.6 Å².